The Hall–Kier alpha value is -1.77. The van der Waals surface area contributed by atoms with E-state index in [1.54, 1.807) is 18.0 Å². The van der Waals surface area contributed by atoms with E-state index in [0.717, 1.165) is 11.3 Å². The number of anilines is 1. The van der Waals surface area contributed by atoms with Crippen LogP contribution in [0.25, 0.3) is 0 Å². The largest absolute Gasteiger partial charge is 0.469 e. The van der Waals surface area contributed by atoms with Crippen molar-refractivity contribution in [3.63, 3.8) is 0 Å². The van der Waals surface area contributed by atoms with E-state index < -0.39 is 20.1 Å². The standard InChI is InChI=1S/C22H32FNO5Si/c1-15-20(30(3,4)23)18(12-14-25)29-22(15)16-9-5-6-10-17(16)24(21(22)27)13-8-7-11-19(26)28-2/h5-6,9-10,15,18,20,25H,7-8,11-14H2,1-4H3/t15-,18+,20-,22+/m1/s1. The number of hydrogen-bond donors (Lipinski definition) is 1. The second kappa shape index (κ2) is 8.76. The van der Waals surface area contributed by atoms with Gasteiger partial charge in [-0.1, -0.05) is 25.1 Å². The van der Waals surface area contributed by atoms with Crippen molar-refractivity contribution in [2.45, 2.75) is 62.9 Å². The minimum Gasteiger partial charge on any atom is -0.469 e. The SMILES string of the molecule is COC(=O)CCCCN1C(=O)[C@@]2(O[C@@H](CCO)[C@H]([Si](C)(C)F)[C@H]2C)c2ccccc21. The van der Waals surface area contributed by atoms with Crippen molar-refractivity contribution in [3.05, 3.63) is 29.8 Å². The zero-order valence-corrected chi connectivity index (χ0v) is 19.2. The second-order valence-electron chi connectivity index (χ2n) is 8.79. The monoisotopic (exact) mass is 437 g/mol. The lowest BCUT2D eigenvalue weighted by molar-refractivity contribution is -0.146. The van der Waals surface area contributed by atoms with E-state index in [0.29, 0.717) is 32.2 Å². The minimum absolute atomic E-state index is 0.110. The summed E-state index contributed by atoms with van der Waals surface area (Å²) in [5.41, 5.74) is -0.0472. The Morgan fingerprint density at radius 2 is 2.03 bits per heavy atom. The van der Waals surface area contributed by atoms with Gasteiger partial charge < -0.3 is 23.6 Å². The summed E-state index contributed by atoms with van der Waals surface area (Å²) in [6, 6.07) is 7.54. The number of ether oxygens (including phenoxy) is 2. The highest BCUT2D eigenvalue weighted by Gasteiger charge is 2.66. The number of carbonyl (C=O) groups is 2. The third kappa shape index (κ3) is 3.81. The summed E-state index contributed by atoms with van der Waals surface area (Å²) < 4.78 is 26.4. The molecule has 0 unspecified atom stereocenters. The molecule has 1 fully saturated rings. The number of para-hydroxylation sites is 1. The number of benzene rings is 1. The van der Waals surface area contributed by atoms with Crippen LogP contribution in [0.3, 0.4) is 0 Å². The van der Waals surface area contributed by atoms with Crippen LogP contribution in [0.1, 0.15) is 38.2 Å². The number of hydrogen-bond acceptors (Lipinski definition) is 5. The number of aliphatic hydroxyl groups excluding tert-OH is 1. The highest BCUT2D eigenvalue weighted by molar-refractivity contribution is 6.72. The van der Waals surface area contributed by atoms with Crippen molar-refractivity contribution in [1.29, 1.82) is 0 Å². The molecule has 1 amide bonds. The average molecular weight is 438 g/mol. The van der Waals surface area contributed by atoms with Gasteiger partial charge in [0, 0.05) is 36.6 Å². The molecule has 0 radical (unpaired) electrons. The Balaban J connectivity index is 1.92. The highest BCUT2D eigenvalue weighted by atomic mass is 28.4. The Morgan fingerprint density at radius 3 is 2.67 bits per heavy atom. The fourth-order valence-electron chi connectivity index (χ4n) is 5.26. The summed E-state index contributed by atoms with van der Waals surface area (Å²) >= 11 is 0. The van der Waals surface area contributed by atoms with Crippen molar-refractivity contribution in [3.8, 4) is 0 Å². The maximum atomic E-state index is 15.3. The van der Waals surface area contributed by atoms with Crippen LogP contribution in [0.4, 0.5) is 9.80 Å². The van der Waals surface area contributed by atoms with Gasteiger partial charge in [0.15, 0.2) is 5.60 Å². The third-order valence-electron chi connectivity index (χ3n) is 6.52. The quantitative estimate of drug-likeness (QED) is 0.291. The first-order valence-corrected chi connectivity index (χ1v) is 13.6. The van der Waals surface area contributed by atoms with Gasteiger partial charge in [0.2, 0.25) is 8.41 Å². The van der Waals surface area contributed by atoms with E-state index in [9.17, 15) is 14.7 Å². The predicted octanol–water partition coefficient (Wildman–Crippen LogP) is 3.53. The molecule has 166 valence electrons. The van der Waals surface area contributed by atoms with Crippen molar-refractivity contribution >= 4 is 26.0 Å². The van der Waals surface area contributed by atoms with Crippen LogP contribution in [0.15, 0.2) is 24.3 Å². The van der Waals surface area contributed by atoms with Crippen molar-refractivity contribution in [2.75, 3.05) is 25.2 Å². The summed E-state index contributed by atoms with van der Waals surface area (Å²) in [5, 5.41) is 9.53. The molecule has 1 aromatic rings. The van der Waals surface area contributed by atoms with Crippen LogP contribution in [0.5, 0.6) is 0 Å². The first-order chi connectivity index (χ1) is 14.2. The number of rotatable bonds is 8. The molecule has 2 aliphatic heterocycles. The lowest BCUT2D eigenvalue weighted by Gasteiger charge is -2.31. The summed E-state index contributed by atoms with van der Waals surface area (Å²) in [5.74, 6) is -0.774. The normalized spacial score (nSPS) is 28.3. The van der Waals surface area contributed by atoms with Gasteiger partial charge in [-0.3, -0.25) is 9.59 Å². The summed E-state index contributed by atoms with van der Waals surface area (Å²) in [6.07, 6.45) is 1.38. The molecule has 8 heteroatoms. The number of nitrogens with zero attached hydrogens (tertiary/aromatic N) is 1. The van der Waals surface area contributed by atoms with Gasteiger partial charge in [-0.25, -0.2) is 0 Å². The maximum Gasteiger partial charge on any atom is 0.305 e. The molecule has 0 aromatic heterocycles. The number of carbonyl (C=O) groups excluding carboxylic acids is 2. The zero-order chi connectivity index (χ0) is 22.1. The van der Waals surface area contributed by atoms with Gasteiger partial charge in [0.25, 0.3) is 5.91 Å². The Morgan fingerprint density at radius 1 is 1.33 bits per heavy atom. The molecule has 4 atom stereocenters. The molecule has 0 aliphatic carbocycles. The van der Waals surface area contributed by atoms with Gasteiger partial charge in [-0.05, 0) is 38.4 Å². The molecule has 3 rings (SSSR count). The van der Waals surface area contributed by atoms with E-state index in [1.165, 1.54) is 7.11 Å². The fraction of sp³-hybridized carbons (Fsp3) is 0.636. The van der Waals surface area contributed by atoms with Crippen LogP contribution in [0, 0.1) is 5.92 Å². The second-order valence-corrected chi connectivity index (χ2v) is 12.6. The first-order valence-electron chi connectivity index (χ1n) is 10.6. The van der Waals surface area contributed by atoms with E-state index in [4.69, 9.17) is 4.74 Å². The summed E-state index contributed by atoms with van der Waals surface area (Å²) in [4.78, 5) is 26.8. The number of halogens is 1. The lowest BCUT2D eigenvalue weighted by atomic mass is 9.82. The number of methoxy groups -OCH3 is 1. The molecule has 2 aliphatic rings. The lowest BCUT2D eigenvalue weighted by Crippen LogP contribution is -2.45. The van der Waals surface area contributed by atoms with Gasteiger partial charge >= 0.3 is 5.97 Å². The Labute approximate surface area is 178 Å². The fourth-order valence-corrected chi connectivity index (χ4v) is 7.80. The van der Waals surface area contributed by atoms with E-state index in [2.05, 4.69) is 4.74 Å². The Kier molecular flexibility index (Phi) is 6.69. The number of fused-ring (bicyclic) bond motifs is 2. The smallest absolute Gasteiger partial charge is 0.305 e. The third-order valence-corrected chi connectivity index (χ3v) is 8.98. The van der Waals surface area contributed by atoms with Gasteiger partial charge in [0.1, 0.15) is 0 Å². The van der Waals surface area contributed by atoms with E-state index in [1.807, 2.05) is 31.2 Å². The molecule has 1 N–H and O–H groups in total. The number of aliphatic hydroxyl groups is 1. The molecular formula is C22H32FNO5Si. The van der Waals surface area contributed by atoms with Gasteiger partial charge in [0.05, 0.1) is 18.9 Å². The molecule has 6 nitrogen and oxygen atoms in total. The summed E-state index contributed by atoms with van der Waals surface area (Å²) in [7, 11) is -1.80. The number of amides is 1. The van der Waals surface area contributed by atoms with Crippen LogP contribution in [0.2, 0.25) is 18.6 Å². The van der Waals surface area contributed by atoms with E-state index in [-0.39, 0.29) is 29.9 Å². The molecule has 2 heterocycles. The Bertz CT molecular complexity index is 798. The number of unbranched alkanes of at least 4 members (excludes halogenated alkanes) is 1. The molecule has 30 heavy (non-hydrogen) atoms. The van der Waals surface area contributed by atoms with Crippen molar-refractivity contribution < 1.29 is 28.3 Å². The van der Waals surface area contributed by atoms with Crippen molar-refractivity contribution in [1.82, 2.24) is 0 Å². The highest BCUT2D eigenvalue weighted by Crippen LogP contribution is 2.59. The maximum absolute atomic E-state index is 15.3. The zero-order valence-electron chi connectivity index (χ0n) is 18.2. The van der Waals surface area contributed by atoms with Gasteiger partial charge in [-0.2, -0.15) is 0 Å². The average Bonchev–Trinajstić information content (AvgIpc) is 3.12. The minimum atomic E-state index is -3.16. The number of esters is 1. The molecule has 0 saturated carbocycles. The molecular weight excluding hydrogens is 405 g/mol. The van der Waals surface area contributed by atoms with E-state index >= 15 is 4.11 Å². The van der Waals surface area contributed by atoms with Crippen LogP contribution in [-0.4, -0.2) is 51.8 Å². The van der Waals surface area contributed by atoms with Crippen LogP contribution < -0.4 is 4.90 Å². The molecule has 1 spiro atoms. The topological polar surface area (TPSA) is 76.1 Å². The predicted molar refractivity (Wildman–Crippen MR) is 114 cm³/mol. The molecule has 0 bridgehead atoms. The first kappa shape index (κ1) is 22.9. The molecule has 1 aromatic carbocycles. The van der Waals surface area contributed by atoms with Gasteiger partial charge in [-0.15, -0.1) is 0 Å². The molecule has 1 saturated heterocycles. The summed E-state index contributed by atoms with van der Waals surface area (Å²) in [6.45, 7) is 5.55. The van der Waals surface area contributed by atoms with Crippen LogP contribution in [-0.2, 0) is 24.7 Å². The van der Waals surface area contributed by atoms with Crippen LogP contribution >= 0.6 is 0 Å². The van der Waals surface area contributed by atoms with Crippen molar-refractivity contribution in [2.24, 2.45) is 5.92 Å².